The largest absolute Gasteiger partial charge is 0.444 e. The van der Waals surface area contributed by atoms with Gasteiger partial charge in [0.15, 0.2) is 0 Å². The summed E-state index contributed by atoms with van der Waals surface area (Å²) in [5.41, 5.74) is -0.447. The van der Waals surface area contributed by atoms with Crippen LogP contribution in [0.2, 0.25) is 0 Å². The quantitative estimate of drug-likeness (QED) is 0.912. The minimum absolute atomic E-state index is 0.149. The fourth-order valence-electron chi connectivity index (χ4n) is 2.63. The van der Waals surface area contributed by atoms with Crippen LogP contribution in [0.15, 0.2) is 17.5 Å². The maximum atomic E-state index is 11.9. The fraction of sp³-hybridized carbons (Fsp3) is 0.667. The molecule has 0 aliphatic carbocycles. The van der Waals surface area contributed by atoms with Crippen molar-refractivity contribution < 1.29 is 9.53 Å². The van der Waals surface area contributed by atoms with Crippen LogP contribution in [0.5, 0.6) is 0 Å². The van der Waals surface area contributed by atoms with Crippen LogP contribution in [0.3, 0.4) is 0 Å². The first-order valence-electron chi connectivity index (χ1n) is 7.05. The molecule has 1 aliphatic heterocycles. The van der Waals surface area contributed by atoms with Crippen molar-refractivity contribution in [1.29, 1.82) is 0 Å². The summed E-state index contributed by atoms with van der Waals surface area (Å²) in [7, 11) is 2.10. The second kappa shape index (κ2) is 6.14. The van der Waals surface area contributed by atoms with Crippen molar-refractivity contribution in [3.63, 3.8) is 0 Å². The molecular formula is C15H24N2O2S. The van der Waals surface area contributed by atoms with Gasteiger partial charge in [-0.15, -0.1) is 11.3 Å². The minimum atomic E-state index is -0.447. The van der Waals surface area contributed by atoms with Crippen LogP contribution >= 0.6 is 11.3 Å². The summed E-state index contributed by atoms with van der Waals surface area (Å²) < 4.78 is 5.34. The number of likely N-dealkylation sites (N-methyl/N-ethyl adjacent to an activating group) is 1. The first kappa shape index (κ1) is 15.3. The van der Waals surface area contributed by atoms with Gasteiger partial charge in [-0.1, -0.05) is 6.07 Å². The normalized spacial score (nSPS) is 24.4. The topological polar surface area (TPSA) is 41.6 Å². The van der Waals surface area contributed by atoms with Crippen molar-refractivity contribution >= 4 is 17.4 Å². The highest BCUT2D eigenvalue weighted by Crippen LogP contribution is 2.29. The molecular weight excluding hydrogens is 272 g/mol. The molecule has 1 aliphatic rings. The summed E-state index contributed by atoms with van der Waals surface area (Å²) in [6.45, 7) is 7.57. The van der Waals surface area contributed by atoms with Crippen molar-refractivity contribution in [2.75, 3.05) is 20.1 Å². The molecule has 1 N–H and O–H groups in total. The second-order valence-electron chi connectivity index (χ2n) is 6.51. The highest BCUT2D eigenvalue weighted by molar-refractivity contribution is 7.10. The number of nitrogens with zero attached hydrogens (tertiary/aromatic N) is 1. The van der Waals surface area contributed by atoms with E-state index in [4.69, 9.17) is 4.74 Å². The molecule has 0 aromatic carbocycles. The molecule has 1 saturated heterocycles. The zero-order valence-corrected chi connectivity index (χ0v) is 13.5. The summed E-state index contributed by atoms with van der Waals surface area (Å²) in [5, 5.41) is 5.11. The first-order chi connectivity index (χ1) is 9.33. The van der Waals surface area contributed by atoms with Gasteiger partial charge < -0.3 is 15.0 Å². The number of ether oxygens (including phenoxy) is 1. The van der Waals surface area contributed by atoms with Gasteiger partial charge in [0.25, 0.3) is 0 Å². The molecule has 0 saturated carbocycles. The number of carbonyl (C=O) groups is 1. The molecule has 2 heterocycles. The summed E-state index contributed by atoms with van der Waals surface area (Å²) in [4.78, 5) is 15.5. The zero-order chi connectivity index (χ0) is 14.8. The fourth-order valence-corrected chi connectivity index (χ4v) is 3.46. The molecule has 2 atom stereocenters. The van der Waals surface area contributed by atoms with Crippen molar-refractivity contribution in [3.05, 3.63) is 22.4 Å². The lowest BCUT2D eigenvalue weighted by atomic mass is 9.93. The van der Waals surface area contributed by atoms with E-state index in [1.165, 1.54) is 4.88 Å². The Labute approximate surface area is 125 Å². The van der Waals surface area contributed by atoms with Crippen molar-refractivity contribution in [2.24, 2.45) is 0 Å². The number of alkyl carbamates (subject to hydrolysis) is 1. The van der Waals surface area contributed by atoms with E-state index in [2.05, 4.69) is 34.8 Å². The monoisotopic (exact) mass is 296 g/mol. The Morgan fingerprint density at radius 2 is 2.20 bits per heavy atom. The van der Waals surface area contributed by atoms with Gasteiger partial charge in [0.1, 0.15) is 5.60 Å². The lowest BCUT2D eigenvalue weighted by molar-refractivity contribution is 0.0473. The van der Waals surface area contributed by atoms with Gasteiger partial charge in [0.05, 0.1) is 0 Å². The molecule has 1 aromatic heterocycles. The highest BCUT2D eigenvalue weighted by Gasteiger charge is 2.29. The number of likely N-dealkylation sites (tertiary alicyclic amines) is 1. The lowest BCUT2D eigenvalue weighted by Crippen LogP contribution is -2.49. The van der Waals surface area contributed by atoms with E-state index in [0.29, 0.717) is 5.92 Å². The summed E-state index contributed by atoms with van der Waals surface area (Å²) in [6, 6.07) is 4.42. The van der Waals surface area contributed by atoms with Gasteiger partial charge in [-0.05, 0) is 45.7 Å². The molecule has 4 nitrogen and oxygen atoms in total. The Hall–Kier alpha value is -1.07. The highest BCUT2D eigenvalue weighted by atomic mass is 32.1. The number of hydrogen-bond donors (Lipinski definition) is 1. The average Bonchev–Trinajstić information content (AvgIpc) is 2.78. The third-order valence-corrected chi connectivity index (χ3v) is 4.33. The van der Waals surface area contributed by atoms with Crippen LogP contribution in [0.1, 0.15) is 38.0 Å². The summed E-state index contributed by atoms with van der Waals surface area (Å²) >= 11 is 1.79. The van der Waals surface area contributed by atoms with E-state index >= 15 is 0 Å². The van der Waals surface area contributed by atoms with Crippen LogP contribution < -0.4 is 5.32 Å². The van der Waals surface area contributed by atoms with E-state index in [0.717, 1.165) is 19.5 Å². The van der Waals surface area contributed by atoms with Crippen molar-refractivity contribution in [3.8, 4) is 0 Å². The minimum Gasteiger partial charge on any atom is -0.444 e. The molecule has 1 amide bonds. The molecule has 5 heteroatoms. The third-order valence-electron chi connectivity index (χ3n) is 3.30. The predicted molar refractivity (Wildman–Crippen MR) is 82.3 cm³/mol. The molecule has 1 fully saturated rings. The van der Waals surface area contributed by atoms with Gasteiger partial charge in [0, 0.05) is 29.9 Å². The molecule has 0 radical (unpaired) electrons. The van der Waals surface area contributed by atoms with Crippen LogP contribution in [-0.4, -0.2) is 42.8 Å². The molecule has 0 spiro atoms. The number of rotatable bonds is 2. The standard InChI is InChI=1S/C15H24N2O2S/c1-15(2,3)19-14(18)16-12-8-11(9-17(4)10-12)13-6-5-7-20-13/h5-7,11-12H,8-10H2,1-4H3,(H,16,18). The maximum Gasteiger partial charge on any atom is 0.407 e. The molecule has 2 unspecified atom stereocenters. The van der Waals surface area contributed by atoms with Gasteiger partial charge in [0.2, 0.25) is 0 Å². The zero-order valence-electron chi connectivity index (χ0n) is 12.7. The van der Waals surface area contributed by atoms with E-state index in [-0.39, 0.29) is 12.1 Å². The Bertz CT molecular complexity index is 439. The van der Waals surface area contributed by atoms with E-state index in [1.807, 2.05) is 20.8 Å². The summed E-state index contributed by atoms with van der Waals surface area (Å²) in [6.07, 6.45) is 0.659. The maximum absolute atomic E-state index is 11.9. The van der Waals surface area contributed by atoms with Crippen molar-refractivity contribution in [2.45, 2.75) is 44.8 Å². The Kier molecular flexibility index (Phi) is 4.70. The van der Waals surface area contributed by atoms with Crippen molar-refractivity contribution in [1.82, 2.24) is 10.2 Å². The number of amides is 1. The molecule has 20 heavy (non-hydrogen) atoms. The molecule has 112 valence electrons. The van der Waals surface area contributed by atoms with Crippen LogP contribution in [0, 0.1) is 0 Å². The van der Waals surface area contributed by atoms with E-state index < -0.39 is 5.60 Å². The molecule has 0 bridgehead atoms. The summed E-state index contributed by atoms with van der Waals surface area (Å²) in [5.74, 6) is 0.494. The average molecular weight is 296 g/mol. The van der Waals surface area contributed by atoms with E-state index in [9.17, 15) is 4.79 Å². The number of carbonyl (C=O) groups excluding carboxylic acids is 1. The number of nitrogens with one attached hydrogen (secondary N) is 1. The van der Waals surface area contributed by atoms with Crippen LogP contribution in [-0.2, 0) is 4.74 Å². The van der Waals surface area contributed by atoms with Crippen LogP contribution in [0.4, 0.5) is 4.79 Å². The Morgan fingerprint density at radius 3 is 2.80 bits per heavy atom. The van der Waals surface area contributed by atoms with E-state index in [1.54, 1.807) is 11.3 Å². The first-order valence-corrected chi connectivity index (χ1v) is 7.93. The van der Waals surface area contributed by atoms with Gasteiger partial charge in [-0.25, -0.2) is 4.79 Å². The number of piperidine rings is 1. The lowest BCUT2D eigenvalue weighted by Gasteiger charge is -2.35. The smallest absolute Gasteiger partial charge is 0.407 e. The van der Waals surface area contributed by atoms with Gasteiger partial charge >= 0.3 is 6.09 Å². The Balaban J connectivity index is 1.93. The molecule has 2 rings (SSSR count). The molecule has 1 aromatic rings. The number of hydrogen-bond acceptors (Lipinski definition) is 4. The SMILES string of the molecule is CN1CC(NC(=O)OC(C)(C)C)CC(c2cccs2)C1. The Morgan fingerprint density at radius 1 is 1.45 bits per heavy atom. The van der Waals surface area contributed by atoms with Crippen LogP contribution in [0.25, 0.3) is 0 Å². The van der Waals surface area contributed by atoms with Gasteiger partial charge in [-0.2, -0.15) is 0 Å². The predicted octanol–water partition coefficient (Wildman–Crippen LogP) is 3.06. The third kappa shape index (κ3) is 4.49. The number of thiophene rings is 1. The second-order valence-corrected chi connectivity index (χ2v) is 7.49. The van der Waals surface area contributed by atoms with Gasteiger partial charge in [-0.3, -0.25) is 0 Å².